The van der Waals surface area contributed by atoms with Crippen LogP contribution in [0.5, 0.6) is 0 Å². The lowest BCUT2D eigenvalue weighted by Gasteiger charge is -2.29. The summed E-state index contributed by atoms with van der Waals surface area (Å²) in [6.07, 6.45) is 1.13. The molecule has 1 amide bonds. The Morgan fingerprint density at radius 1 is 1.83 bits per heavy atom. The molecule has 12 heavy (non-hydrogen) atoms. The molecule has 1 fully saturated rings. The highest BCUT2D eigenvalue weighted by Crippen LogP contribution is 2.10. The van der Waals surface area contributed by atoms with E-state index >= 15 is 0 Å². The van der Waals surface area contributed by atoms with Crippen molar-refractivity contribution in [2.45, 2.75) is 25.8 Å². The lowest BCUT2D eigenvalue weighted by molar-refractivity contribution is 0.0633. The van der Waals surface area contributed by atoms with E-state index in [1.807, 2.05) is 6.92 Å². The molecule has 1 unspecified atom stereocenters. The molecule has 0 spiro atoms. The smallest absolute Gasteiger partial charge is 0.410 e. The van der Waals surface area contributed by atoms with Crippen molar-refractivity contribution in [1.29, 1.82) is 5.26 Å². The number of cyclic esters (lactones) is 1. The Balaban J connectivity index is 2.59. The van der Waals surface area contributed by atoms with Gasteiger partial charge in [0.1, 0.15) is 6.04 Å². The van der Waals surface area contributed by atoms with E-state index in [0.29, 0.717) is 19.6 Å². The average Bonchev–Trinajstić information content (AvgIpc) is 2.10. The third-order valence-corrected chi connectivity index (χ3v) is 1.92. The van der Waals surface area contributed by atoms with Crippen molar-refractivity contribution < 1.29 is 9.53 Å². The summed E-state index contributed by atoms with van der Waals surface area (Å²) in [4.78, 5) is 12.6. The van der Waals surface area contributed by atoms with Crippen molar-refractivity contribution in [2.75, 3.05) is 13.2 Å². The molecule has 0 N–H and O–H groups in total. The van der Waals surface area contributed by atoms with Gasteiger partial charge in [0.05, 0.1) is 12.7 Å². The van der Waals surface area contributed by atoms with Crippen LogP contribution in [0, 0.1) is 11.3 Å². The third kappa shape index (κ3) is 1.67. The van der Waals surface area contributed by atoms with Gasteiger partial charge in [-0.3, -0.25) is 4.90 Å². The van der Waals surface area contributed by atoms with Crippen LogP contribution in [-0.4, -0.2) is 30.2 Å². The predicted molar refractivity (Wildman–Crippen MR) is 42.4 cm³/mol. The number of nitrogens with zero attached hydrogens (tertiary/aromatic N) is 2. The van der Waals surface area contributed by atoms with Gasteiger partial charge in [-0.1, -0.05) is 6.92 Å². The maximum Gasteiger partial charge on any atom is 0.410 e. The zero-order valence-corrected chi connectivity index (χ0v) is 7.12. The van der Waals surface area contributed by atoms with Crippen molar-refractivity contribution in [3.63, 3.8) is 0 Å². The van der Waals surface area contributed by atoms with Crippen LogP contribution in [0.3, 0.4) is 0 Å². The molecule has 1 aliphatic heterocycles. The van der Waals surface area contributed by atoms with Gasteiger partial charge in [0.2, 0.25) is 0 Å². The van der Waals surface area contributed by atoms with Crippen LogP contribution < -0.4 is 0 Å². The molecular weight excluding hydrogens is 156 g/mol. The Morgan fingerprint density at radius 2 is 2.58 bits per heavy atom. The molecule has 1 heterocycles. The van der Waals surface area contributed by atoms with Crippen LogP contribution in [0.4, 0.5) is 4.79 Å². The standard InChI is InChI=1S/C8H12N2O2/c1-2-7(6-9)10-4-3-5-12-8(10)11/h7H,2-5H2,1H3. The van der Waals surface area contributed by atoms with E-state index in [0.717, 1.165) is 6.42 Å². The van der Waals surface area contributed by atoms with Crippen molar-refractivity contribution in [3.05, 3.63) is 0 Å². The third-order valence-electron chi connectivity index (χ3n) is 1.92. The molecule has 0 aromatic heterocycles. The van der Waals surface area contributed by atoms with Gasteiger partial charge in [0.25, 0.3) is 0 Å². The first-order valence-corrected chi connectivity index (χ1v) is 4.12. The molecule has 1 aliphatic rings. The molecule has 0 saturated carbocycles. The molecule has 1 rings (SSSR count). The highest BCUT2D eigenvalue weighted by Gasteiger charge is 2.25. The Bertz CT molecular complexity index is 210. The molecule has 1 saturated heterocycles. The second-order valence-electron chi connectivity index (χ2n) is 2.71. The molecule has 0 radical (unpaired) electrons. The Morgan fingerprint density at radius 3 is 3.08 bits per heavy atom. The van der Waals surface area contributed by atoms with Gasteiger partial charge in [-0.2, -0.15) is 5.26 Å². The van der Waals surface area contributed by atoms with E-state index in [4.69, 9.17) is 10.00 Å². The number of hydrogen-bond donors (Lipinski definition) is 0. The van der Waals surface area contributed by atoms with E-state index in [1.54, 1.807) is 0 Å². The summed E-state index contributed by atoms with van der Waals surface area (Å²) in [5.41, 5.74) is 0. The second-order valence-corrected chi connectivity index (χ2v) is 2.71. The Labute approximate surface area is 71.7 Å². The topological polar surface area (TPSA) is 53.3 Å². The SMILES string of the molecule is CCC(C#N)N1CCCOC1=O. The lowest BCUT2D eigenvalue weighted by atomic mass is 10.2. The summed E-state index contributed by atoms with van der Waals surface area (Å²) in [6, 6.07) is 1.76. The minimum atomic E-state index is -0.352. The summed E-state index contributed by atoms with van der Waals surface area (Å²) in [5, 5.41) is 8.70. The van der Waals surface area contributed by atoms with Gasteiger partial charge in [0, 0.05) is 6.54 Å². The van der Waals surface area contributed by atoms with E-state index in [-0.39, 0.29) is 12.1 Å². The van der Waals surface area contributed by atoms with Crippen LogP contribution >= 0.6 is 0 Å². The summed E-state index contributed by atoms with van der Waals surface area (Å²) >= 11 is 0. The molecule has 0 bridgehead atoms. The first-order valence-electron chi connectivity index (χ1n) is 4.12. The fraction of sp³-hybridized carbons (Fsp3) is 0.750. The first-order chi connectivity index (χ1) is 5.79. The number of carbonyl (C=O) groups excluding carboxylic acids is 1. The van der Waals surface area contributed by atoms with Crippen molar-refractivity contribution in [2.24, 2.45) is 0 Å². The largest absolute Gasteiger partial charge is 0.449 e. The Hall–Kier alpha value is -1.24. The molecule has 4 nitrogen and oxygen atoms in total. The number of rotatable bonds is 2. The molecular formula is C8H12N2O2. The summed E-state index contributed by atoms with van der Waals surface area (Å²) in [5.74, 6) is 0. The molecule has 0 aromatic rings. The summed E-state index contributed by atoms with van der Waals surface area (Å²) in [7, 11) is 0. The zero-order chi connectivity index (χ0) is 8.97. The number of hydrogen-bond acceptors (Lipinski definition) is 3. The van der Waals surface area contributed by atoms with Gasteiger partial charge < -0.3 is 4.74 Å². The molecule has 0 aromatic carbocycles. The lowest BCUT2D eigenvalue weighted by Crippen LogP contribution is -2.43. The number of carbonyl (C=O) groups is 1. The fourth-order valence-electron chi connectivity index (χ4n) is 1.23. The summed E-state index contributed by atoms with van der Waals surface area (Å²) in [6.45, 7) is 3.01. The Kier molecular flexibility index (Phi) is 2.92. The quantitative estimate of drug-likeness (QED) is 0.621. The maximum absolute atomic E-state index is 11.1. The minimum absolute atomic E-state index is 0.321. The number of amides is 1. The highest BCUT2D eigenvalue weighted by atomic mass is 16.6. The number of ether oxygens (including phenoxy) is 1. The van der Waals surface area contributed by atoms with Crippen LogP contribution in [-0.2, 0) is 4.74 Å². The van der Waals surface area contributed by atoms with Gasteiger partial charge in [0.15, 0.2) is 0 Å². The minimum Gasteiger partial charge on any atom is -0.449 e. The van der Waals surface area contributed by atoms with Crippen molar-refractivity contribution in [1.82, 2.24) is 4.90 Å². The van der Waals surface area contributed by atoms with Gasteiger partial charge in [-0.15, -0.1) is 0 Å². The molecule has 0 aliphatic carbocycles. The van der Waals surface area contributed by atoms with E-state index in [9.17, 15) is 4.79 Å². The van der Waals surface area contributed by atoms with Crippen molar-refractivity contribution >= 4 is 6.09 Å². The normalized spacial score (nSPS) is 19.7. The molecule has 1 atom stereocenters. The summed E-state index contributed by atoms with van der Waals surface area (Å²) < 4.78 is 4.81. The zero-order valence-electron chi connectivity index (χ0n) is 7.12. The fourth-order valence-corrected chi connectivity index (χ4v) is 1.23. The second kappa shape index (κ2) is 3.96. The van der Waals surface area contributed by atoms with Crippen LogP contribution in [0.15, 0.2) is 0 Å². The highest BCUT2D eigenvalue weighted by molar-refractivity contribution is 5.69. The van der Waals surface area contributed by atoms with E-state index in [1.165, 1.54) is 4.90 Å². The maximum atomic E-state index is 11.1. The van der Waals surface area contributed by atoms with Crippen molar-refractivity contribution in [3.8, 4) is 6.07 Å². The van der Waals surface area contributed by atoms with Gasteiger partial charge in [-0.25, -0.2) is 4.79 Å². The van der Waals surface area contributed by atoms with Crippen LogP contribution in [0.25, 0.3) is 0 Å². The predicted octanol–water partition coefficient (Wildman–Crippen LogP) is 1.13. The van der Waals surface area contributed by atoms with E-state index < -0.39 is 0 Å². The first kappa shape index (κ1) is 8.85. The van der Waals surface area contributed by atoms with Crippen LogP contribution in [0.2, 0.25) is 0 Å². The van der Waals surface area contributed by atoms with E-state index in [2.05, 4.69) is 6.07 Å². The van der Waals surface area contributed by atoms with Crippen LogP contribution in [0.1, 0.15) is 19.8 Å². The average molecular weight is 168 g/mol. The van der Waals surface area contributed by atoms with Gasteiger partial charge >= 0.3 is 6.09 Å². The monoisotopic (exact) mass is 168 g/mol. The molecule has 4 heteroatoms. The van der Waals surface area contributed by atoms with Gasteiger partial charge in [-0.05, 0) is 12.8 Å². The molecule has 66 valence electrons. The number of nitriles is 1.